The number of benzene rings is 1. The number of hydrogen-bond acceptors (Lipinski definition) is 4. The zero-order chi connectivity index (χ0) is 13.8. The van der Waals surface area contributed by atoms with E-state index in [9.17, 15) is 0 Å². The maximum Gasteiger partial charge on any atom is 0.138 e. The summed E-state index contributed by atoms with van der Waals surface area (Å²) in [5, 5.41) is 7.44. The van der Waals surface area contributed by atoms with E-state index in [2.05, 4.69) is 29.5 Å². The molecule has 2 rings (SSSR count). The summed E-state index contributed by atoms with van der Waals surface area (Å²) in [6.07, 6.45) is 0. The molecule has 0 amide bonds. The van der Waals surface area contributed by atoms with Crippen LogP contribution in [0.3, 0.4) is 0 Å². The van der Waals surface area contributed by atoms with Gasteiger partial charge in [0.05, 0.1) is 12.8 Å². The summed E-state index contributed by atoms with van der Waals surface area (Å²) in [5.41, 5.74) is 3.32. The SMILES string of the molecule is COc1ccc([C@@H](C)NCc2c(C)noc2C)cc1. The Labute approximate surface area is 113 Å². The third-order valence-corrected chi connectivity index (χ3v) is 3.38. The highest BCUT2D eigenvalue weighted by atomic mass is 16.5. The largest absolute Gasteiger partial charge is 0.497 e. The first-order chi connectivity index (χ1) is 9.11. The summed E-state index contributed by atoms with van der Waals surface area (Å²) in [6.45, 7) is 6.80. The van der Waals surface area contributed by atoms with Gasteiger partial charge in [0.15, 0.2) is 0 Å². The van der Waals surface area contributed by atoms with Crippen molar-refractivity contribution < 1.29 is 9.26 Å². The van der Waals surface area contributed by atoms with Gasteiger partial charge in [0.2, 0.25) is 0 Å². The molecule has 102 valence electrons. The van der Waals surface area contributed by atoms with E-state index >= 15 is 0 Å². The van der Waals surface area contributed by atoms with Gasteiger partial charge in [0.1, 0.15) is 11.5 Å². The smallest absolute Gasteiger partial charge is 0.138 e. The van der Waals surface area contributed by atoms with Crippen molar-refractivity contribution in [3.05, 3.63) is 46.8 Å². The molecule has 1 aromatic heterocycles. The molecule has 1 heterocycles. The third-order valence-electron chi connectivity index (χ3n) is 3.38. The van der Waals surface area contributed by atoms with Crippen LogP contribution >= 0.6 is 0 Å². The lowest BCUT2D eigenvalue weighted by Crippen LogP contribution is -2.18. The Bertz CT molecular complexity index is 512. The van der Waals surface area contributed by atoms with Crippen LogP contribution in [-0.2, 0) is 6.54 Å². The van der Waals surface area contributed by atoms with Crippen LogP contribution < -0.4 is 10.1 Å². The predicted octanol–water partition coefficient (Wildman–Crippen LogP) is 3.15. The second-order valence-corrected chi connectivity index (χ2v) is 4.68. The van der Waals surface area contributed by atoms with Crippen molar-refractivity contribution >= 4 is 0 Å². The van der Waals surface area contributed by atoms with Crippen LogP contribution in [0.4, 0.5) is 0 Å². The molecule has 4 nitrogen and oxygen atoms in total. The molecule has 0 saturated carbocycles. The quantitative estimate of drug-likeness (QED) is 0.897. The van der Waals surface area contributed by atoms with E-state index in [-0.39, 0.29) is 6.04 Å². The van der Waals surface area contributed by atoms with Crippen LogP contribution in [0.5, 0.6) is 5.75 Å². The summed E-state index contributed by atoms with van der Waals surface area (Å²) >= 11 is 0. The van der Waals surface area contributed by atoms with Crippen molar-refractivity contribution in [3.63, 3.8) is 0 Å². The van der Waals surface area contributed by atoms with E-state index in [4.69, 9.17) is 9.26 Å². The van der Waals surface area contributed by atoms with Crippen molar-refractivity contribution in [1.82, 2.24) is 10.5 Å². The van der Waals surface area contributed by atoms with Crippen molar-refractivity contribution in [2.75, 3.05) is 7.11 Å². The van der Waals surface area contributed by atoms with Crippen LogP contribution in [-0.4, -0.2) is 12.3 Å². The topological polar surface area (TPSA) is 47.3 Å². The lowest BCUT2D eigenvalue weighted by atomic mass is 10.1. The monoisotopic (exact) mass is 260 g/mol. The minimum atomic E-state index is 0.264. The first kappa shape index (κ1) is 13.6. The van der Waals surface area contributed by atoms with Crippen LogP contribution in [0, 0.1) is 13.8 Å². The number of ether oxygens (including phenoxy) is 1. The summed E-state index contributed by atoms with van der Waals surface area (Å²) < 4.78 is 10.3. The lowest BCUT2D eigenvalue weighted by molar-refractivity contribution is 0.391. The normalized spacial score (nSPS) is 12.4. The van der Waals surface area contributed by atoms with Crippen molar-refractivity contribution in [2.45, 2.75) is 33.4 Å². The maximum absolute atomic E-state index is 5.16. The van der Waals surface area contributed by atoms with E-state index < -0.39 is 0 Å². The molecule has 1 N–H and O–H groups in total. The molecule has 0 bridgehead atoms. The minimum Gasteiger partial charge on any atom is -0.497 e. The lowest BCUT2D eigenvalue weighted by Gasteiger charge is -2.14. The Morgan fingerprint density at radius 1 is 1.26 bits per heavy atom. The van der Waals surface area contributed by atoms with Gasteiger partial charge in [-0.2, -0.15) is 0 Å². The van der Waals surface area contributed by atoms with Gasteiger partial charge in [-0.05, 0) is 38.5 Å². The fourth-order valence-electron chi connectivity index (χ4n) is 2.02. The van der Waals surface area contributed by atoms with Gasteiger partial charge in [0.25, 0.3) is 0 Å². The first-order valence-electron chi connectivity index (χ1n) is 6.41. The molecular formula is C15H20N2O2. The molecule has 2 aromatic rings. The van der Waals surface area contributed by atoms with E-state index in [0.29, 0.717) is 0 Å². The van der Waals surface area contributed by atoms with Gasteiger partial charge in [-0.3, -0.25) is 0 Å². The van der Waals surface area contributed by atoms with Crippen molar-refractivity contribution in [1.29, 1.82) is 0 Å². The van der Waals surface area contributed by atoms with Crippen LogP contribution in [0.1, 0.15) is 35.5 Å². The summed E-state index contributed by atoms with van der Waals surface area (Å²) in [6, 6.07) is 8.36. The molecule has 1 aromatic carbocycles. The van der Waals surface area contributed by atoms with Gasteiger partial charge in [-0.25, -0.2) is 0 Å². The average molecular weight is 260 g/mol. The Kier molecular flexibility index (Phi) is 4.22. The van der Waals surface area contributed by atoms with Gasteiger partial charge in [-0.1, -0.05) is 17.3 Å². The molecular weight excluding hydrogens is 240 g/mol. The zero-order valence-electron chi connectivity index (χ0n) is 11.9. The third kappa shape index (κ3) is 3.15. The Balaban J connectivity index is 1.99. The second kappa shape index (κ2) is 5.89. The molecule has 0 fully saturated rings. The van der Waals surface area contributed by atoms with Crippen LogP contribution in [0.25, 0.3) is 0 Å². The fourth-order valence-corrected chi connectivity index (χ4v) is 2.02. The molecule has 0 spiro atoms. The Hall–Kier alpha value is -1.81. The van der Waals surface area contributed by atoms with Gasteiger partial charge in [-0.15, -0.1) is 0 Å². The Morgan fingerprint density at radius 3 is 2.47 bits per heavy atom. The highest BCUT2D eigenvalue weighted by Gasteiger charge is 2.11. The van der Waals surface area contributed by atoms with Gasteiger partial charge < -0.3 is 14.6 Å². The van der Waals surface area contributed by atoms with Gasteiger partial charge >= 0.3 is 0 Å². The summed E-state index contributed by atoms with van der Waals surface area (Å²) in [4.78, 5) is 0. The molecule has 0 saturated heterocycles. The van der Waals surface area contributed by atoms with E-state index in [1.807, 2.05) is 26.0 Å². The highest BCUT2D eigenvalue weighted by Crippen LogP contribution is 2.19. The maximum atomic E-state index is 5.16. The van der Waals surface area contributed by atoms with Crippen LogP contribution in [0.2, 0.25) is 0 Å². The van der Waals surface area contributed by atoms with Gasteiger partial charge in [0, 0.05) is 18.2 Å². The number of methoxy groups -OCH3 is 1. The molecule has 19 heavy (non-hydrogen) atoms. The van der Waals surface area contributed by atoms with E-state index in [1.165, 1.54) is 5.56 Å². The molecule has 0 unspecified atom stereocenters. The molecule has 0 aliphatic heterocycles. The zero-order valence-corrected chi connectivity index (χ0v) is 11.9. The number of aryl methyl sites for hydroxylation is 2. The second-order valence-electron chi connectivity index (χ2n) is 4.68. The number of rotatable bonds is 5. The van der Waals surface area contributed by atoms with Crippen LogP contribution in [0.15, 0.2) is 28.8 Å². The van der Waals surface area contributed by atoms with Crippen molar-refractivity contribution in [3.8, 4) is 5.75 Å². The van der Waals surface area contributed by atoms with Crippen molar-refractivity contribution in [2.24, 2.45) is 0 Å². The van der Waals surface area contributed by atoms with E-state index in [0.717, 1.165) is 29.3 Å². The number of nitrogens with one attached hydrogen (secondary N) is 1. The number of nitrogens with zero attached hydrogens (tertiary/aromatic N) is 1. The predicted molar refractivity (Wildman–Crippen MR) is 74.2 cm³/mol. The molecule has 0 aliphatic carbocycles. The van der Waals surface area contributed by atoms with E-state index in [1.54, 1.807) is 7.11 Å². The highest BCUT2D eigenvalue weighted by molar-refractivity contribution is 5.29. The average Bonchev–Trinajstić information content (AvgIpc) is 2.75. The molecule has 0 aliphatic rings. The number of aromatic nitrogens is 1. The summed E-state index contributed by atoms with van der Waals surface area (Å²) in [5.74, 6) is 1.76. The standard InChI is InChI=1S/C15H20N2O2/c1-10(13-5-7-14(18-4)8-6-13)16-9-15-11(2)17-19-12(15)3/h5-8,10,16H,9H2,1-4H3/t10-/m1/s1. The fraction of sp³-hybridized carbons (Fsp3) is 0.400. The molecule has 0 radical (unpaired) electrons. The summed E-state index contributed by atoms with van der Waals surface area (Å²) in [7, 11) is 1.67. The molecule has 1 atom stereocenters. The molecule has 4 heteroatoms. The Morgan fingerprint density at radius 2 is 1.95 bits per heavy atom. The number of hydrogen-bond donors (Lipinski definition) is 1. The first-order valence-corrected chi connectivity index (χ1v) is 6.41. The minimum absolute atomic E-state index is 0.264.